The Hall–Kier alpha value is -2.88. The number of anilines is 1. The van der Waals surface area contributed by atoms with Crippen LogP contribution in [0.15, 0.2) is 59.3 Å². The molecule has 0 unspecified atom stereocenters. The second-order valence-electron chi connectivity index (χ2n) is 4.92. The molecular formula is C17H13N3O. The molecule has 4 nitrogen and oxygen atoms in total. The molecule has 102 valence electrons. The van der Waals surface area contributed by atoms with E-state index in [1.54, 1.807) is 6.20 Å². The van der Waals surface area contributed by atoms with Gasteiger partial charge in [0.1, 0.15) is 0 Å². The predicted octanol–water partition coefficient (Wildman–Crippen LogP) is 3.73. The monoisotopic (exact) mass is 275 g/mol. The van der Waals surface area contributed by atoms with Gasteiger partial charge in [0.15, 0.2) is 11.2 Å². The molecule has 0 fully saturated rings. The summed E-state index contributed by atoms with van der Waals surface area (Å²) < 4.78 is 5.72. The highest BCUT2D eigenvalue weighted by atomic mass is 16.3. The van der Waals surface area contributed by atoms with Gasteiger partial charge in [-0.15, -0.1) is 0 Å². The number of para-hydroxylation sites is 1. The highest BCUT2D eigenvalue weighted by Gasteiger charge is 2.14. The predicted molar refractivity (Wildman–Crippen MR) is 83.7 cm³/mol. The second kappa shape index (κ2) is 4.59. The Kier molecular flexibility index (Phi) is 2.60. The number of pyridine rings is 1. The number of hydrogen-bond donors (Lipinski definition) is 0. The highest BCUT2D eigenvalue weighted by molar-refractivity contribution is 5.94. The van der Waals surface area contributed by atoms with Crippen molar-refractivity contribution in [3.05, 3.63) is 66.3 Å². The van der Waals surface area contributed by atoms with Crippen LogP contribution in [0, 0.1) is 0 Å². The first-order chi connectivity index (χ1) is 10.3. The maximum absolute atomic E-state index is 5.72. The topological polar surface area (TPSA) is 42.2 Å². The van der Waals surface area contributed by atoms with Crippen molar-refractivity contribution < 1.29 is 4.42 Å². The number of rotatable bonds is 1. The standard InChI is InChI=1S/C17H13N3O/c1-20-10-8-12(13-5-2-3-6-14(13)20)11-16-19-17-15(21-16)7-4-9-18-17/h2-11H,1H3. The fourth-order valence-corrected chi connectivity index (χ4v) is 2.49. The molecule has 0 amide bonds. The minimum atomic E-state index is 0.572. The largest absolute Gasteiger partial charge is 0.435 e. The summed E-state index contributed by atoms with van der Waals surface area (Å²) in [7, 11) is 2.04. The second-order valence-corrected chi connectivity index (χ2v) is 4.92. The van der Waals surface area contributed by atoms with Crippen LogP contribution in [0.5, 0.6) is 0 Å². The molecule has 0 saturated heterocycles. The van der Waals surface area contributed by atoms with E-state index in [1.807, 2.05) is 43.6 Å². The van der Waals surface area contributed by atoms with Crippen LogP contribution >= 0.6 is 0 Å². The van der Waals surface area contributed by atoms with E-state index in [9.17, 15) is 0 Å². The Morgan fingerprint density at radius 1 is 1.14 bits per heavy atom. The van der Waals surface area contributed by atoms with E-state index in [0.717, 1.165) is 11.1 Å². The molecule has 3 heterocycles. The first-order valence-corrected chi connectivity index (χ1v) is 6.75. The number of nitrogens with zero attached hydrogens (tertiary/aromatic N) is 3. The van der Waals surface area contributed by atoms with Crippen molar-refractivity contribution in [1.82, 2.24) is 9.97 Å². The molecule has 3 aromatic rings. The third kappa shape index (κ3) is 2.01. The lowest BCUT2D eigenvalue weighted by Gasteiger charge is -2.23. The zero-order valence-corrected chi connectivity index (χ0v) is 11.5. The zero-order chi connectivity index (χ0) is 14.2. The molecule has 4 rings (SSSR count). The molecule has 1 aromatic carbocycles. The van der Waals surface area contributed by atoms with Crippen LogP contribution in [0.3, 0.4) is 0 Å². The number of fused-ring (bicyclic) bond motifs is 2. The number of allylic oxidation sites excluding steroid dienone is 2. The van der Waals surface area contributed by atoms with Gasteiger partial charge in [-0.25, -0.2) is 4.98 Å². The summed E-state index contributed by atoms with van der Waals surface area (Å²) in [6, 6.07) is 12.0. The van der Waals surface area contributed by atoms with Crippen LogP contribution in [-0.2, 0) is 0 Å². The summed E-state index contributed by atoms with van der Waals surface area (Å²) in [4.78, 5) is 10.7. The van der Waals surface area contributed by atoms with Crippen LogP contribution < -0.4 is 4.90 Å². The van der Waals surface area contributed by atoms with E-state index in [2.05, 4.69) is 33.1 Å². The molecule has 0 N–H and O–H groups in total. The summed E-state index contributed by atoms with van der Waals surface area (Å²) >= 11 is 0. The van der Waals surface area contributed by atoms with Crippen LogP contribution in [0.2, 0.25) is 0 Å². The molecule has 0 aliphatic carbocycles. The van der Waals surface area contributed by atoms with Crippen LogP contribution in [0.4, 0.5) is 5.69 Å². The Labute approximate surface area is 122 Å². The molecule has 2 aromatic heterocycles. The van der Waals surface area contributed by atoms with E-state index >= 15 is 0 Å². The fourth-order valence-electron chi connectivity index (χ4n) is 2.49. The molecule has 0 radical (unpaired) electrons. The Balaban J connectivity index is 1.84. The van der Waals surface area contributed by atoms with Crippen molar-refractivity contribution in [3.63, 3.8) is 0 Å². The van der Waals surface area contributed by atoms with Gasteiger partial charge in [-0.2, -0.15) is 4.98 Å². The van der Waals surface area contributed by atoms with E-state index in [1.165, 1.54) is 5.69 Å². The number of oxazole rings is 1. The molecule has 1 aliphatic rings. The number of aromatic nitrogens is 2. The lowest BCUT2D eigenvalue weighted by atomic mass is 10.00. The number of hydrogen-bond acceptors (Lipinski definition) is 4. The molecule has 0 spiro atoms. The van der Waals surface area contributed by atoms with E-state index in [-0.39, 0.29) is 0 Å². The van der Waals surface area contributed by atoms with Gasteiger partial charge in [0.25, 0.3) is 0 Å². The van der Waals surface area contributed by atoms with E-state index < -0.39 is 0 Å². The van der Waals surface area contributed by atoms with Crippen LogP contribution in [0.1, 0.15) is 11.5 Å². The Morgan fingerprint density at radius 2 is 2.05 bits per heavy atom. The number of benzene rings is 1. The zero-order valence-electron chi connectivity index (χ0n) is 11.5. The molecular weight excluding hydrogens is 262 g/mol. The van der Waals surface area contributed by atoms with Crippen molar-refractivity contribution in [1.29, 1.82) is 0 Å². The van der Waals surface area contributed by atoms with Gasteiger partial charge in [0.2, 0.25) is 5.89 Å². The van der Waals surface area contributed by atoms with Gasteiger partial charge < -0.3 is 9.32 Å². The molecule has 21 heavy (non-hydrogen) atoms. The smallest absolute Gasteiger partial charge is 0.222 e. The lowest BCUT2D eigenvalue weighted by Crippen LogP contribution is -2.13. The normalized spacial score (nSPS) is 15.7. The summed E-state index contributed by atoms with van der Waals surface area (Å²) in [6.07, 6.45) is 7.76. The third-order valence-electron chi connectivity index (χ3n) is 3.53. The average molecular weight is 275 g/mol. The van der Waals surface area contributed by atoms with Gasteiger partial charge in [-0.1, -0.05) is 18.2 Å². The van der Waals surface area contributed by atoms with Gasteiger partial charge >= 0.3 is 0 Å². The fraction of sp³-hybridized carbons (Fsp3) is 0.0588. The van der Waals surface area contributed by atoms with Gasteiger partial charge in [-0.05, 0) is 29.8 Å². The molecule has 0 atom stereocenters. The maximum atomic E-state index is 5.72. The first-order valence-electron chi connectivity index (χ1n) is 6.75. The summed E-state index contributed by atoms with van der Waals surface area (Å²) in [5.41, 5.74) is 4.75. The Morgan fingerprint density at radius 3 is 2.95 bits per heavy atom. The third-order valence-corrected chi connectivity index (χ3v) is 3.53. The van der Waals surface area contributed by atoms with E-state index in [0.29, 0.717) is 17.1 Å². The molecule has 1 aliphatic heterocycles. The van der Waals surface area contributed by atoms with Gasteiger partial charge in [0.05, 0.1) is 0 Å². The quantitative estimate of drug-likeness (QED) is 0.678. The van der Waals surface area contributed by atoms with Crippen molar-refractivity contribution in [2.75, 3.05) is 11.9 Å². The first kappa shape index (κ1) is 11.9. The summed E-state index contributed by atoms with van der Waals surface area (Å²) in [5, 5.41) is 0. The van der Waals surface area contributed by atoms with Crippen molar-refractivity contribution in [2.45, 2.75) is 0 Å². The van der Waals surface area contributed by atoms with Crippen molar-refractivity contribution in [3.8, 4) is 0 Å². The maximum Gasteiger partial charge on any atom is 0.222 e. The summed E-state index contributed by atoms with van der Waals surface area (Å²) in [5.74, 6) is 0.572. The minimum Gasteiger partial charge on any atom is -0.435 e. The lowest BCUT2D eigenvalue weighted by molar-refractivity contribution is 0.589. The van der Waals surface area contributed by atoms with E-state index in [4.69, 9.17) is 4.42 Å². The minimum absolute atomic E-state index is 0.572. The van der Waals surface area contributed by atoms with Crippen molar-refractivity contribution >= 4 is 28.6 Å². The molecule has 4 heteroatoms. The van der Waals surface area contributed by atoms with Crippen molar-refractivity contribution in [2.24, 2.45) is 0 Å². The Bertz CT molecular complexity index is 843. The van der Waals surface area contributed by atoms with Crippen LogP contribution in [-0.4, -0.2) is 17.0 Å². The molecule has 0 bridgehead atoms. The van der Waals surface area contributed by atoms with Crippen LogP contribution in [0.25, 0.3) is 22.9 Å². The van der Waals surface area contributed by atoms with Gasteiger partial charge in [-0.3, -0.25) is 0 Å². The average Bonchev–Trinajstić information content (AvgIpc) is 2.93. The summed E-state index contributed by atoms with van der Waals surface area (Å²) in [6.45, 7) is 0. The molecule has 0 saturated carbocycles. The SMILES string of the molecule is CN1C=CC(=Cc2nc3ncccc3o2)c2ccccc21. The highest BCUT2D eigenvalue weighted by Crippen LogP contribution is 2.33. The van der Waals surface area contributed by atoms with Gasteiger partial charge in [0, 0.05) is 36.8 Å².